The molecule has 0 atom stereocenters. The summed E-state index contributed by atoms with van der Waals surface area (Å²) >= 11 is 5.26. The molecule has 0 aliphatic heterocycles. The van der Waals surface area contributed by atoms with Gasteiger partial charge in [0.15, 0.2) is 4.77 Å². The third-order valence-electron chi connectivity index (χ3n) is 2.92. The summed E-state index contributed by atoms with van der Waals surface area (Å²) in [6, 6.07) is 5.60. The Morgan fingerprint density at radius 3 is 2.95 bits per heavy atom. The van der Waals surface area contributed by atoms with Crippen molar-refractivity contribution < 1.29 is 14.3 Å². The Morgan fingerprint density at radius 1 is 1.45 bits per heavy atom. The molecule has 2 rings (SSSR count). The Bertz CT molecular complexity index is 662. The van der Waals surface area contributed by atoms with Gasteiger partial charge < -0.3 is 24.3 Å². The number of nitrogens with zero attached hydrogens (tertiary/aromatic N) is 1. The predicted molar refractivity (Wildman–Crippen MR) is 78.6 cm³/mol. The van der Waals surface area contributed by atoms with Crippen LogP contribution in [-0.4, -0.2) is 42.8 Å². The third kappa shape index (κ3) is 3.00. The molecular formula is C13H17N3O3S. The van der Waals surface area contributed by atoms with Gasteiger partial charge in [-0.15, -0.1) is 0 Å². The SMILES string of the molecule is COCCNC(=O)Cn1c(=S)[nH]c2c(OC)cccc21. The van der Waals surface area contributed by atoms with E-state index in [2.05, 4.69) is 10.3 Å². The average molecular weight is 295 g/mol. The number of carbonyl (C=O) groups excluding carboxylic acids is 1. The largest absolute Gasteiger partial charge is 0.494 e. The number of methoxy groups -OCH3 is 2. The van der Waals surface area contributed by atoms with Crippen LogP contribution in [0.25, 0.3) is 11.0 Å². The van der Waals surface area contributed by atoms with E-state index in [-0.39, 0.29) is 12.5 Å². The van der Waals surface area contributed by atoms with Crippen molar-refractivity contribution in [3.63, 3.8) is 0 Å². The van der Waals surface area contributed by atoms with E-state index in [1.54, 1.807) is 18.8 Å². The second-order valence-electron chi connectivity index (χ2n) is 4.21. The summed E-state index contributed by atoms with van der Waals surface area (Å²) in [7, 11) is 3.19. The molecule has 108 valence electrons. The number of aromatic nitrogens is 2. The fourth-order valence-electron chi connectivity index (χ4n) is 1.97. The number of H-pyrrole nitrogens is 1. The molecule has 1 aromatic heterocycles. The number of benzene rings is 1. The van der Waals surface area contributed by atoms with Crippen LogP contribution in [0.3, 0.4) is 0 Å². The maximum Gasteiger partial charge on any atom is 0.240 e. The minimum absolute atomic E-state index is 0.109. The number of fused-ring (bicyclic) bond motifs is 1. The Morgan fingerprint density at radius 2 is 2.25 bits per heavy atom. The van der Waals surface area contributed by atoms with Gasteiger partial charge in [-0.1, -0.05) is 6.07 Å². The van der Waals surface area contributed by atoms with Crippen LogP contribution >= 0.6 is 12.2 Å². The number of carbonyl (C=O) groups is 1. The summed E-state index contributed by atoms with van der Waals surface area (Å²) < 4.78 is 12.4. The lowest BCUT2D eigenvalue weighted by Crippen LogP contribution is -2.30. The second-order valence-corrected chi connectivity index (χ2v) is 4.60. The summed E-state index contributed by atoms with van der Waals surface area (Å²) in [5.41, 5.74) is 1.64. The quantitative estimate of drug-likeness (QED) is 0.625. The van der Waals surface area contributed by atoms with Crippen molar-refractivity contribution in [3.8, 4) is 5.75 Å². The van der Waals surface area contributed by atoms with Crippen LogP contribution in [0, 0.1) is 4.77 Å². The first-order valence-electron chi connectivity index (χ1n) is 6.18. The molecule has 0 saturated carbocycles. The van der Waals surface area contributed by atoms with Gasteiger partial charge in [0, 0.05) is 13.7 Å². The van der Waals surface area contributed by atoms with Crippen LogP contribution in [0.2, 0.25) is 0 Å². The smallest absolute Gasteiger partial charge is 0.240 e. The van der Waals surface area contributed by atoms with Crippen LogP contribution in [0.15, 0.2) is 18.2 Å². The topological polar surface area (TPSA) is 68.3 Å². The molecule has 0 aliphatic rings. The highest BCUT2D eigenvalue weighted by atomic mass is 32.1. The van der Waals surface area contributed by atoms with Gasteiger partial charge in [0.25, 0.3) is 0 Å². The highest BCUT2D eigenvalue weighted by Crippen LogP contribution is 2.24. The standard InChI is InChI=1S/C13H17N3O3S/c1-18-7-6-14-11(17)8-16-9-4-3-5-10(19-2)12(9)15-13(16)20/h3-5H,6-8H2,1-2H3,(H,14,17)(H,15,20). The number of hydrogen-bond acceptors (Lipinski definition) is 4. The average Bonchev–Trinajstić information content (AvgIpc) is 2.75. The first kappa shape index (κ1) is 14.5. The summed E-state index contributed by atoms with van der Waals surface area (Å²) in [6.45, 7) is 1.13. The van der Waals surface area contributed by atoms with Crippen molar-refractivity contribution in [2.45, 2.75) is 6.54 Å². The fourth-order valence-corrected chi connectivity index (χ4v) is 2.24. The number of hydrogen-bond donors (Lipinski definition) is 2. The van der Waals surface area contributed by atoms with E-state index in [0.29, 0.717) is 23.7 Å². The first-order chi connectivity index (χ1) is 9.67. The van der Waals surface area contributed by atoms with Gasteiger partial charge in [-0.3, -0.25) is 4.79 Å². The fraction of sp³-hybridized carbons (Fsp3) is 0.385. The van der Waals surface area contributed by atoms with Gasteiger partial charge in [0.1, 0.15) is 17.8 Å². The van der Waals surface area contributed by atoms with Crippen LogP contribution in [-0.2, 0) is 16.1 Å². The van der Waals surface area contributed by atoms with Crippen LogP contribution in [0.1, 0.15) is 0 Å². The molecule has 0 radical (unpaired) electrons. The van der Waals surface area contributed by atoms with E-state index >= 15 is 0 Å². The van der Waals surface area contributed by atoms with Crippen LogP contribution < -0.4 is 10.1 Å². The predicted octanol–water partition coefficient (Wildman–Crippen LogP) is 1.47. The molecule has 20 heavy (non-hydrogen) atoms. The van der Waals surface area contributed by atoms with E-state index in [4.69, 9.17) is 21.7 Å². The van der Waals surface area contributed by atoms with Crippen molar-refractivity contribution in [1.29, 1.82) is 0 Å². The second kappa shape index (κ2) is 6.53. The van der Waals surface area contributed by atoms with Gasteiger partial charge in [-0.2, -0.15) is 0 Å². The number of nitrogens with one attached hydrogen (secondary N) is 2. The third-order valence-corrected chi connectivity index (χ3v) is 3.24. The molecule has 1 aromatic carbocycles. The zero-order valence-electron chi connectivity index (χ0n) is 11.4. The molecule has 1 heterocycles. The molecule has 6 nitrogen and oxygen atoms in total. The number of aromatic amines is 1. The van der Waals surface area contributed by atoms with E-state index in [0.717, 1.165) is 11.0 Å². The molecule has 2 N–H and O–H groups in total. The molecule has 0 aliphatic carbocycles. The van der Waals surface area contributed by atoms with Gasteiger partial charge >= 0.3 is 0 Å². The molecule has 1 amide bonds. The number of imidazole rings is 1. The molecule has 0 spiro atoms. The Labute approximate surface area is 121 Å². The molecule has 0 unspecified atom stereocenters. The highest BCUT2D eigenvalue weighted by Gasteiger charge is 2.11. The van der Waals surface area contributed by atoms with Gasteiger partial charge in [0.2, 0.25) is 5.91 Å². The van der Waals surface area contributed by atoms with E-state index in [9.17, 15) is 4.79 Å². The maximum atomic E-state index is 11.9. The minimum atomic E-state index is -0.109. The normalized spacial score (nSPS) is 10.7. The van der Waals surface area contributed by atoms with Crippen molar-refractivity contribution in [2.24, 2.45) is 0 Å². The van der Waals surface area contributed by atoms with E-state index in [1.807, 2.05) is 18.2 Å². The number of para-hydroxylation sites is 1. The summed E-state index contributed by atoms with van der Waals surface area (Å²) in [4.78, 5) is 14.9. The summed E-state index contributed by atoms with van der Waals surface area (Å²) in [5.74, 6) is 0.592. The molecule has 0 fully saturated rings. The molecule has 0 saturated heterocycles. The lowest BCUT2D eigenvalue weighted by atomic mass is 10.3. The summed E-state index contributed by atoms with van der Waals surface area (Å²) in [6.07, 6.45) is 0. The molecule has 2 aromatic rings. The lowest BCUT2D eigenvalue weighted by Gasteiger charge is -2.07. The van der Waals surface area contributed by atoms with Gasteiger partial charge in [0.05, 0.1) is 19.2 Å². The van der Waals surface area contributed by atoms with Crippen molar-refractivity contribution >= 4 is 29.2 Å². The Kier molecular flexibility index (Phi) is 4.75. The Balaban J connectivity index is 2.24. The Hall–Kier alpha value is -1.86. The number of amides is 1. The van der Waals surface area contributed by atoms with Gasteiger partial charge in [-0.25, -0.2) is 0 Å². The zero-order chi connectivity index (χ0) is 14.5. The molecule has 0 bridgehead atoms. The lowest BCUT2D eigenvalue weighted by molar-refractivity contribution is -0.121. The first-order valence-corrected chi connectivity index (χ1v) is 6.59. The van der Waals surface area contributed by atoms with Crippen LogP contribution in [0.4, 0.5) is 0 Å². The molecule has 7 heteroatoms. The van der Waals surface area contributed by atoms with E-state index in [1.165, 1.54) is 0 Å². The highest BCUT2D eigenvalue weighted by molar-refractivity contribution is 7.71. The number of rotatable bonds is 6. The maximum absolute atomic E-state index is 11.9. The van der Waals surface area contributed by atoms with E-state index < -0.39 is 0 Å². The summed E-state index contributed by atoms with van der Waals surface area (Å²) in [5, 5.41) is 2.77. The van der Waals surface area contributed by atoms with Crippen LogP contribution in [0.5, 0.6) is 5.75 Å². The number of ether oxygens (including phenoxy) is 2. The van der Waals surface area contributed by atoms with Gasteiger partial charge in [-0.05, 0) is 24.4 Å². The van der Waals surface area contributed by atoms with Crippen molar-refractivity contribution in [3.05, 3.63) is 23.0 Å². The van der Waals surface area contributed by atoms with Crippen molar-refractivity contribution in [2.75, 3.05) is 27.4 Å². The van der Waals surface area contributed by atoms with Crippen molar-refractivity contribution in [1.82, 2.24) is 14.9 Å². The zero-order valence-corrected chi connectivity index (χ0v) is 12.3. The molecular weight excluding hydrogens is 278 g/mol. The minimum Gasteiger partial charge on any atom is -0.494 e. The monoisotopic (exact) mass is 295 g/mol.